The molecule has 2 aromatic heterocycles. The first-order valence-corrected chi connectivity index (χ1v) is 15.4. The highest BCUT2D eigenvalue weighted by Crippen LogP contribution is 2.44. The highest BCUT2D eigenvalue weighted by molar-refractivity contribution is 7.15. The monoisotopic (exact) mass is 600 g/mol. The molecular weight excluding hydrogens is 564 g/mol. The molecule has 10 heteroatoms. The number of hydrogen-bond acceptors (Lipinski definition) is 7. The number of nitrogens with zero attached hydrogens (tertiary/aromatic N) is 2. The van der Waals surface area contributed by atoms with Crippen LogP contribution in [0, 0.1) is 0 Å². The van der Waals surface area contributed by atoms with Gasteiger partial charge in [-0.1, -0.05) is 12.1 Å². The zero-order valence-electron chi connectivity index (χ0n) is 24.6. The predicted octanol–water partition coefficient (Wildman–Crippen LogP) is 6.55. The van der Waals surface area contributed by atoms with Crippen molar-refractivity contribution in [2.75, 3.05) is 38.0 Å². The highest BCUT2D eigenvalue weighted by Gasteiger charge is 2.36. The number of anilines is 2. The van der Waals surface area contributed by atoms with Gasteiger partial charge >= 0.3 is 12.0 Å². The Balaban J connectivity index is 1.38. The smallest absolute Gasteiger partial charge is 0.325 e. The number of esters is 1. The van der Waals surface area contributed by atoms with E-state index in [2.05, 4.69) is 33.5 Å². The number of carbonyl (C=O) groups excluding carboxylic acids is 2. The Bertz CT molecular complexity index is 1630. The number of methoxy groups -OCH3 is 2. The van der Waals surface area contributed by atoms with Crippen molar-refractivity contribution in [3.05, 3.63) is 88.1 Å². The molecule has 0 spiro atoms. The molecule has 9 nitrogen and oxygen atoms in total. The van der Waals surface area contributed by atoms with Crippen LogP contribution < -0.4 is 20.1 Å². The van der Waals surface area contributed by atoms with Crippen LogP contribution in [-0.2, 0) is 28.9 Å². The average Bonchev–Trinajstić information content (AvgIpc) is 3.62. The van der Waals surface area contributed by atoms with E-state index in [1.165, 1.54) is 27.4 Å². The zero-order chi connectivity index (χ0) is 29.9. The van der Waals surface area contributed by atoms with Crippen molar-refractivity contribution in [1.29, 1.82) is 0 Å². The van der Waals surface area contributed by atoms with Crippen molar-refractivity contribution in [3.8, 4) is 16.5 Å². The third-order valence-electron chi connectivity index (χ3n) is 8.04. The lowest BCUT2D eigenvalue weighted by Gasteiger charge is -2.31. The molecule has 2 aromatic carbocycles. The number of rotatable bonds is 8. The number of urea groups is 1. The summed E-state index contributed by atoms with van der Waals surface area (Å²) in [6.07, 6.45) is 6.59. The Morgan fingerprint density at radius 2 is 1.72 bits per heavy atom. The van der Waals surface area contributed by atoms with E-state index in [1.54, 1.807) is 33.3 Å². The third kappa shape index (κ3) is 5.67. The standard InChI is InChI=1S/C33H36N4O5S/c1-4-42-30(38)19-34-22-13-11-21(12-14-22)31-26-9-7-17-36(26)32-25(24-8-5-6-10-29(24)43-32)20-37(31)33(39)35-23-15-16-27(40-2)28(18-23)41-3/h7,9,11-18,31,34H,4-6,8,10,19-20H2,1-3H3,(H,35,39). The Labute approximate surface area is 255 Å². The lowest BCUT2D eigenvalue weighted by atomic mass is 9.95. The van der Waals surface area contributed by atoms with E-state index < -0.39 is 0 Å². The number of aryl methyl sites for hydroxylation is 1. The van der Waals surface area contributed by atoms with E-state index in [9.17, 15) is 9.59 Å². The van der Waals surface area contributed by atoms with Crippen LogP contribution in [0.2, 0.25) is 0 Å². The van der Waals surface area contributed by atoms with Gasteiger partial charge in [-0.3, -0.25) is 4.79 Å². The fourth-order valence-electron chi connectivity index (χ4n) is 6.02. The number of carbonyl (C=O) groups is 2. The Morgan fingerprint density at radius 3 is 2.49 bits per heavy atom. The summed E-state index contributed by atoms with van der Waals surface area (Å²) in [6.45, 7) is 2.70. The van der Waals surface area contributed by atoms with Crippen molar-refractivity contribution < 1.29 is 23.8 Å². The van der Waals surface area contributed by atoms with Gasteiger partial charge in [0.1, 0.15) is 11.5 Å². The van der Waals surface area contributed by atoms with E-state index in [0.29, 0.717) is 30.3 Å². The highest BCUT2D eigenvalue weighted by atomic mass is 32.1. The van der Waals surface area contributed by atoms with Gasteiger partial charge in [-0.15, -0.1) is 11.3 Å². The van der Waals surface area contributed by atoms with Gasteiger partial charge in [-0.2, -0.15) is 0 Å². The second-order valence-electron chi connectivity index (χ2n) is 10.6. The van der Waals surface area contributed by atoms with Gasteiger partial charge in [0.15, 0.2) is 11.5 Å². The van der Waals surface area contributed by atoms with E-state index >= 15 is 0 Å². The second kappa shape index (κ2) is 12.4. The quantitative estimate of drug-likeness (QED) is 0.223. The molecule has 43 heavy (non-hydrogen) atoms. The number of benzene rings is 2. The van der Waals surface area contributed by atoms with Crippen LogP contribution in [0.1, 0.15) is 53.1 Å². The third-order valence-corrected chi connectivity index (χ3v) is 9.38. The van der Waals surface area contributed by atoms with E-state index in [4.69, 9.17) is 14.2 Å². The number of fused-ring (bicyclic) bond motifs is 5. The number of amides is 2. The molecule has 0 saturated carbocycles. The fraction of sp³-hybridized carbons (Fsp3) is 0.333. The summed E-state index contributed by atoms with van der Waals surface area (Å²) < 4.78 is 18.2. The SMILES string of the molecule is CCOC(=O)CNc1ccc(C2c3cccn3-c3sc4c(c3CN2C(=O)Nc2ccc(OC)c(OC)c2)CCCC4)cc1. The van der Waals surface area contributed by atoms with Crippen LogP contribution in [0.5, 0.6) is 11.5 Å². The molecule has 0 bridgehead atoms. The second-order valence-corrected chi connectivity index (χ2v) is 11.7. The lowest BCUT2D eigenvalue weighted by Crippen LogP contribution is -2.38. The van der Waals surface area contributed by atoms with E-state index in [1.807, 2.05) is 46.6 Å². The van der Waals surface area contributed by atoms with Crippen molar-refractivity contribution in [1.82, 2.24) is 9.47 Å². The van der Waals surface area contributed by atoms with Crippen LogP contribution in [0.15, 0.2) is 60.8 Å². The Morgan fingerprint density at radius 1 is 0.953 bits per heavy atom. The van der Waals surface area contributed by atoms with Crippen LogP contribution >= 0.6 is 11.3 Å². The molecule has 1 unspecified atom stereocenters. The molecule has 2 N–H and O–H groups in total. The molecule has 0 radical (unpaired) electrons. The minimum atomic E-state index is -0.354. The van der Waals surface area contributed by atoms with Crippen molar-refractivity contribution in [2.45, 2.75) is 45.2 Å². The maximum absolute atomic E-state index is 14.3. The normalized spacial score (nSPS) is 15.4. The summed E-state index contributed by atoms with van der Waals surface area (Å²) in [4.78, 5) is 29.5. The maximum Gasteiger partial charge on any atom is 0.325 e. The summed E-state index contributed by atoms with van der Waals surface area (Å²) in [5.74, 6) is 0.833. The summed E-state index contributed by atoms with van der Waals surface area (Å²) in [6, 6.07) is 16.9. The van der Waals surface area contributed by atoms with Crippen LogP contribution in [0.3, 0.4) is 0 Å². The van der Waals surface area contributed by atoms with Crippen molar-refractivity contribution in [3.63, 3.8) is 0 Å². The van der Waals surface area contributed by atoms with Crippen LogP contribution in [0.25, 0.3) is 5.00 Å². The molecule has 2 amide bonds. The molecular formula is C33H36N4O5S. The van der Waals surface area contributed by atoms with E-state index in [0.717, 1.165) is 36.2 Å². The number of hydrogen-bond donors (Lipinski definition) is 2. The van der Waals surface area contributed by atoms with Gasteiger partial charge in [-0.05, 0) is 80.1 Å². The van der Waals surface area contributed by atoms with Gasteiger partial charge in [0.2, 0.25) is 0 Å². The molecule has 4 aromatic rings. The summed E-state index contributed by atoms with van der Waals surface area (Å²) in [7, 11) is 3.17. The van der Waals surface area contributed by atoms with Gasteiger partial charge in [0, 0.05) is 34.1 Å². The van der Waals surface area contributed by atoms with Gasteiger partial charge in [0.05, 0.1) is 39.1 Å². The Kier molecular flexibility index (Phi) is 8.29. The summed E-state index contributed by atoms with van der Waals surface area (Å²) in [5, 5.41) is 7.45. The summed E-state index contributed by atoms with van der Waals surface area (Å²) >= 11 is 1.86. The topological polar surface area (TPSA) is 94.1 Å². The number of ether oxygens (including phenoxy) is 3. The lowest BCUT2D eigenvalue weighted by molar-refractivity contribution is -0.140. The first-order valence-electron chi connectivity index (χ1n) is 14.6. The minimum absolute atomic E-state index is 0.0879. The van der Waals surface area contributed by atoms with Crippen molar-refractivity contribution >= 4 is 34.7 Å². The van der Waals surface area contributed by atoms with Crippen LogP contribution in [0.4, 0.5) is 16.2 Å². The minimum Gasteiger partial charge on any atom is -0.493 e. The predicted molar refractivity (Wildman–Crippen MR) is 168 cm³/mol. The molecule has 1 aliphatic carbocycles. The largest absolute Gasteiger partial charge is 0.493 e. The molecule has 2 aliphatic rings. The number of thiophene rings is 1. The number of nitrogens with one attached hydrogen (secondary N) is 2. The first-order chi connectivity index (χ1) is 21.0. The first kappa shape index (κ1) is 28.7. The molecule has 6 rings (SSSR count). The van der Waals surface area contributed by atoms with E-state index in [-0.39, 0.29) is 24.6 Å². The molecule has 1 atom stereocenters. The Hall–Kier alpha value is -4.44. The van der Waals surface area contributed by atoms with Gasteiger partial charge in [-0.25, -0.2) is 4.79 Å². The summed E-state index contributed by atoms with van der Waals surface area (Å²) in [5.41, 5.74) is 6.03. The molecule has 224 valence electrons. The maximum atomic E-state index is 14.3. The molecule has 1 aliphatic heterocycles. The average molecular weight is 601 g/mol. The number of aromatic nitrogens is 1. The molecule has 0 fully saturated rings. The zero-order valence-corrected chi connectivity index (χ0v) is 25.5. The van der Waals surface area contributed by atoms with Gasteiger partial charge < -0.3 is 34.3 Å². The molecule has 0 saturated heterocycles. The van der Waals surface area contributed by atoms with Crippen molar-refractivity contribution in [2.24, 2.45) is 0 Å². The molecule has 3 heterocycles. The van der Waals surface area contributed by atoms with Crippen LogP contribution in [-0.4, -0.2) is 48.8 Å². The fourth-order valence-corrected chi connectivity index (χ4v) is 7.42. The van der Waals surface area contributed by atoms with Gasteiger partial charge in [0.25, 0.3) is 0 Å².